The third-order valence-corrected chi connectivity index (χ3v) is 4.75. The van der Waals surface area contributed by atoms with Crippen molar-refractivity contribution in [3.05, 3.63) is 40.2 Å². The van der Waals surface area contributed by atoms with Gasteiger partial charge in [-0.3, -0.25) is 14.4 Å². The summed E-state index contributed by atoms with van der Waals surface area (Å²) in [6.07, 6.45) is 1.69. The van der Waals surface area contributed by atoms with E-state index in [2.05, 4.69) is 16.0 Å². The van der Waals surface area contributed by atoms with Gasteiger partial charge in [-0.2, -0.15) is 0 Å². The van der Waals surface area contributed by atoms with Crippen LogP contribution >= 0.6 is 0 Å². The lowest BCUT2D eigenvalue weighted by Gasteiger charge is -2.21. The lowest BCUT2D eigenvalue weighted by molar-refractivity contribution is -0.130. The zero-order valence-corrected chi connectivity index (χ0v) is 17.7. The molecule has 7 N–H and O–H groups in total. The van der Waals surface area contributed by atoms with E-state index >= 15 is 0 Å². The van der Waals surface area contributed by atoms with E-state index in [1.165, 1.54) is 13.0 Å². The Morgan fingerprint density at radius 2 is 1.81 bits per heavy atom. The highest BCUT2D eigenvalue weighted by Crippen LogP contribution is 2.21. The van der Waals surface area contributed by atoms with Crippen molar-refractivity contribution >= 4 is 34.4 Å². The highest BCUT2D eigenvalue weighted by Gasteiger charge is 2.24. The topological polar surface area (TPSA) is 170 Å². The molecule has 2 rings (SSSR count). The molecule has 3 amide bonds. The predicted octanol–water partition coefficient (Wildman–Crippen LogP) is 0.117. The molecule has 0 saturated heterocycles. The Morgan fingerprint density at radius 3 is 2.48 bits per heavy atom. The van der Waals surface area contributed by atoms with Crippen molar-refractivity contribution in [2.45, 2.75) is 45.2 Å². The van der Waals surface area contributed by atoms with Crippen LogP contribution in [0.2, 0.25) is 0 Å². The number of carbonyl (C=O) groups excluding carboxylic acids is 3. The fourth-order valence-electron chi connectivity index (χ4n) is 3.06. The van der Waals surface area contributed by atoms with Crippen LogP contribution in [-0.2, 0) is 14.4 Å². The first-order valence-electron chi connectivity index (χ1n) is 10.1. The molecule has 31 heavy (non-hydrogen) atoms. The summed E-state index contributed by atoms with van der Waals surface area (Å²) in [5.41, 5.74) is 11.8. The molecule has 10 heteroatoms. The average molecular weight is 431 g/mol. The Kier molecular flexibility index (Phi) is 8.71. The zero-order valence-electron chi connectivity index (χ0n) is 17.7. The summed E-state index contributed by atoms with van der Waals surface area (Å²) in [4.78, 5) is 48.3. The summed E-state index contributed by atoms with van der Waals surface area (Å²) in [5.74, 6) is -1.41. The average Bonchev–Trinajstić information content (AvgIpc) is 2.72. The van der Waals surface area contributed by atoms with Crippen molar-refractivity contribution in [3.8, 4) is 0 Å². The molecule has 0 aliphatic rings. The van der Waals surface area contributed by atoms with Crippen LogP contribution in [-0.4, -0.2) is 42.9 Å². The molecule has 0 bridgehead atoms. The van der Waals surface area contributed by atoms with E-state index < -0.39 is 35.4 Å². The van der Waals surface area contributed by atoms with Gasteiger partial charge >= 0.3 is 5.63 Å². The number of hydrogen-bond donors (Lipinski definition) is 5. The van der Waals surface area contributed by atoms with Crippen LogP contribution in [0.5, 0.6) is 0 Å². The summed E-state index contributed by atoms with van der Waals surface area (Å²) in [6, 6.07) is 4.71. The van der Waals surface area contributed by atoms with Gasteiger partial charge in [-0.05, 0) is 57.4 Å². The number of aryl methyl sites for hydroxylation is 1. The second-order valence-corrected chi connectivity index (χ2v) is 7.29. The predicted molar refractivity (Wildman–Crippen MR) is 117 cm³/mol. The summed E-state index contributed by atoms with van der Waals surface area (Å²) < 4.78 is 5.21. The lowest BCUT2D eigenvalue weighted by Crippen LogP contribution is -2.52. The number of fused-ring (bicyclic) bond motifs is 1. The first kappa shape index (κ1) is 24.0. The summed E-state index contributed by atoms with van der Waals surface area (Å²) in [5, 5.41) is 8.61. The number of anilines is 1. The van der Waals surface area contributed by atoms with E-state index in [0.29, 0.717) is 37.1 Å². The quantitative estimate of drug-likeness (QED) is 0.263. The molecular formula is C21H29N5O5. The van der Waals surface area contributed by atoms with Crippen LogP contribution in [0.4, 0.5) is 5.69 Å². The van der Waals surface area contributed by atoms with Crippen molar-refractivity contribution < 1.29 is 18.8 Å². The monoisotopic (exact) mass is 431 g/mol. The molecule has 0 saturated carbocycles. The first-order chi connectivity index (χ1) is 14.7. The van der Waals surface area contributed by atoms with E-state index in [4.69, 9.17) is 15.9 Å². The minimum Gasteiger partial charge on any atom is -0.423 e. The highest BCUT2D eigenvalue weighted by atomic mass is 16.4. The fourth-order valence-corrected chi connectivity index (χ4v) is 3.06. The van der Waals surface area contributed by atoms with Crippen LogP contribution in [0.15, 0.2) is 33.5 Å². The number of nitrogens with one attached hydrogen (secondary N) is 3. The maximum Gasteiger partial charge on any atom is 0.336 e. The van der Waals surface area contributed by atoms with Crippen LogP contribution in [0.1, 0.15) is 31.7 Å². The molecule has 2 atom stereocenters. The molecular weight excluding hydrogens is 402 g/mol. The summed E-state index contributed by atoms with van der Waals surface area (Å²) in [7, 11) is 0. The number of nitrogens with two attached hydrogens (primary N) is 2. The minimum absolute atomic E-state index is 0.240. The zero-order chi connectivity index (χ0) is 23.0. The number of hydrogen-bond acceptors (Lipinski definition) is 7. The standard InChI is InChI=1S/C21H29N5O5/c1-12-9-19(28)31-17-10-14(6-7-15(12)17)25-21(30)16(5-3-4-8-22)26-20(29)13(2)24-18(27)11-23/h6-7,9-10,13,16H,3-5,8,11,22-23H2,1-2H3,(H,24,27)(H,25,30)(H,26,29)/t13-,16-/m0/s1. The third-order valence-electron chi connectivity index (χ3n) is 4.75. The van der Waals surface area contributed by atoms with Crippen LogP contribution in [0.25, 0.3) is 11.0 Å². The molecule has 2 aromatic rings. The molecule has 0 radical (unpaired) electrons. The fraction of sp³-hybridized carbons (Fsp3) is 0.429. The van der Waals surface area contributed by atoms with Crippen molar-refractivity contribution in [1.29, 1.82) is 0 Å². The molecule has 1 aromatic heterocycles. The number of unbranched alkanes of at least 4 members (excludes halogenated alkanes) is 1. The second-order valence-electron chi connectivity index (χ2n) is 7.29. The highest BCUT2D eigenvalue weighted by molar-refractivity contribution is 5.99. The molecule has 0 fully saturated rings. The Labute approximate surface area is 179 Å². The van der Waals surface area contributed by atoms with Crippen molar-refractivity contribution in [1.82, 2.24) is 10.6 Å². The molecule has 0 aliphatic heterocycles. The normalized spacial score (nSPS) is 12.8. The van der Waals surface area contributed by atoms with Gasteiger partial charge in [0.25, 0.3) is 0 Å². The molecule has 0 aliphatic carbocycles. The molecule has 0 spiro atoms. The number of rotatable bonds is 10. The molecule has 1 heterocycles. The minimum atomic E-state index is -0.848. The maximum atomic E-state index is 12.9. The Balaban J connectivity index is 2.15. The van der Waals surface area contributed by atoms with Crippen molar-refractivity contribution in [3.63, 3.8) is 0 Å². The molecule has 10 nitrogen and oxygen atoms in total. The Morgan fingerprint density at radius 1 is 1.06 bits per heavy atom. The van der Waals surface area contributed by atoms with Gasteiger partial charge in [0, 0.05) is 23.2 Å². The van der Waals surface area contributed by atoms with Gasteiger partial charge in [-0.15, -0.1) is 0 Å². The van der Waals surface area contributed by atoms with Crippen LogP contribution in [0.3, 0.4) is 0 Å². The van der Waals surface area contributed by atoms with E-state index in [1.807, 2.05) is 0 Å². The van der Waals surface area contributed by atoms with Crippen LogP contribution < -0.4 is 33.0 Å². The van der Waals surface area contributed by atoms with Crippen molar-refractivity contribution in [2.24, 2.45) is 11.5 Å². The largest absolute Gasteiger partial charge is 0.423 e. The van der Waals surface area contributed by atoms with E-state index in [9.17, 15) is 19.2 Å². The maximum absolute atomic E-state index is 12.9. The summed E-state index contributed by atoms with van der Waals surface area (Å²) in [6.45, 7) is 3.53. The number of benzene rings is 1. The number of amides is 3. The first-order valence-corrected chi connectivity index (χ1v) is 10.1. The van der Waals surface area contributed by atoms with Crippen molar-refractivity contribution in [2.75, 3.05) is 18.4 Å². The van der Waals surface area contributed by atoms with Gasteiger partial charge in [0.05, 0.1) is 6.54 Å². The second kappa shape index (κ2) is 11.2. The number of carbonyl (C=O) groups is 3. The van der Waals surface area contributed by atoms with Gasteiger partial charge in [0.1, 0.15) is 17.7 Å². The van der Waals surface area contributed by atoms with Crippen LogP contribution in [0, 0.1) is 6.92 Å². The van der Waals surface area contributed by atoms with E-state index in [0.717, 1.165) is 10.9 Å². The van der Waals surface area contributed by atoms with Gasteiger partial charge in [-0.1, -0.05) is 0 Å². The summed E-state index contributed by atoms with van der Waals surface area (Å²) >= 11 is 0. The SMILES string of the molecule is Cc1cc(=O)oc2cc(NC(=O)[C@H](CCCCN)NC(=O)[C@H](C)NC(=O)CN)ccc12. The molecule has 168 valence electrons. The smallest absolute Gasteiger partial charge is 0.336 e. The molecule has 1 aromatic carbocycles. The molecule has 0 unspecified atom stereocenters. The van der Waals surface area contributed by atoms with Gasteiger partial charge in [0.2, 0.25) is 17.7 Å². The Hall–Kier alpha value is -3.24. The van der Waals surface area contributed by atoms with Gasteiger partial charge < -0.3 is 31.8 Å². The van der Waals surface area contributed by atoms with Gasteiger partial charge in [-0.25, -0.2) is 4.79 Å². The van der Waals surface area contributed by atoms with E-state index in [-0.39, 0.29) is 6.54 Å². The Bertz CT molecular complexity index is 1000. The van der Waals surface area contributed by atoms with Gasteiger partial charge in [0.15, 0.2) is 0 Å². The van der Waals surface area contributed by atoms with E-state index in [1.54, 1.807) is 25.1 Å². The third kappa shape index (κ3) is 6.90. The lowest BCUT2D eigenvalue weighted by atomic mass is 10.1.